The van der Waals surface area contributed by atoms with E-state index in [-0.39, 0.29) is 5.02 Å². The van der Waals surface area contributed by atoms with Crippen LogP contribution in [0, 0.1) is 13.8 Å². The Morgan fingerprint density at radius 1 is 1.27 bits per heavy atom. The van der Waals surface area contributed by atoms with Gasteiger partial charge in [-0.3, -0.25) is 9.88 Å². The van der Waals surface area contributed by atoms with Gasteiger partial charge in [0.2, 0.25) is 0 Å². The van der Waals surface area contributed by atoms with Gasteiger partial charge in [0.05, 0.1) is 22.0 Å². The predicted molar refractivity (Wildman–Crippen MR) is 75.4 cm³/mol. The predicted octanol–water partition coefficient (Wildman–Crippen LogP) is 3.99. The van der Waals surface area contributed by atoms with Crippen LogP contribution in [0.15, 0.2) is 16.8 Å². The molecule has 0 unspecified atom stereocenters. The fourth-order valence-corrected chi connectivity index (χ4v) is 2.27. The number of alkyl halides is 3. The van der Waals surface area contributed by atoms with Crippen LogP contribution in [-0.4, -0.2) is 22.1 Å². The third-order valence-corrected chi connectivity index (χ3v) is 3.60. The Morgan fingerprint density at radius 2 is 1.95 bits per heavy atom. The molecule has 4 nitrogen and oxygen atoms in total. The van der Waals surface area contributed by atoms with Gasteiger partial charge >= 0.3 is 6.18 Å². The summed E-state index contributed by atoms with van der Waals surface area (Å²) >= 11 is 5.90. The molecule has 0 radical (unpaired) electrons. The number of pyridine rings is 1. The summed E-state index contributed by atoms with van der Waals surface area (Å²) in [6, 6.07) is 0.896. The highest BCUT2D eigenvalue weighted by Gasteiger charge is 2.31. The van der Waals surface area contributed by atoms with Crippen molar-refractivity contribution in [3.8, 4) is 0 Å². The second-order valence-corrected chi connectivity index (χ2v) is 5.53. The van der Waals surface area contributed by atoms with Crippen LogP contribution in [0.2, 0.25) is 5.02 Å². The fraction of sp³-hybridized carbons (Fsp3) is 0.429. The summed E-state index contributed by atoms with van der Waals surface area (Å²) in [5.74, 6) is 0.718. The van der Waals surface area contributed by atoms with Crippen molar-refractivity contribution in [3.63, 3.8) is 0 Å². The van der Waals surface area contributed by atoms with Crippen molar-refractivity contribution in [1.82, 2.24) is 15.0 Å². The van der Waals surface area contributed by atoms with Gasteiger partial charge in [0.1, 0.15) is 5.76 Å². The zero-order chi connectivity index (χ0) is 16.5. The molecule has 0 N–H and O–H groups in total. The maximum Gasteiger partial charge on any atom is 0.417 e. The number of aryl methyl sites for hydroxylation is 2. The molecule has 0 aromatic carbocycles. The Labute approximate surface area is 130 Å². The van der Waals surface area contributed by atoms with Gasteiger partial charge < -0.3 is 4.52 Å². The summed E-state index contributed by atoms with van der Waals surface area (Å²) in [6.07, 6.45) is -3.65. The van der Waals surface area contributed by atoms with Gasteiger partial charge in [-0.05, 0) is 27.0 Å². The molecular formula is C14H15ClF3N3O. The van der Waals surface area contributed by atoms with E-state index >= 15 is 0 Å². The highest BCUT2D eigenvalue weighted by Crippen LogP contribution is 2.31. The molecule has 0 saturated carbocycles. The topological polar surface area (TPSA) is 42.2 Å². The van der Waals surface area contributed by atoms with Crippen molar-refractivity contribution in [3.05, 3.63) is 45.6 Å². The standard InChI is InChI=1S/C14H15ClF3N3O/c1-8-11(9(2)22-20-8)6-21(3)7-13-12(15)4-10(5-19-13)14(16,17)18/h4-5H,6-7H2,1-3H3. The SMILES string of the molecule is Cc1noc(C)c1CN(C)Cc1ncc(C(F)(F)F)cc1Cl. The molecule has 22 heavy (non-hydrogen) atoms. The van der Waals surface area contributed by atoms with Crippen LogP contribution in [0.1, 0.15) is 28.3 Å². The third kappa shape index (κ3) is 3.78. The van der Waals surface area contributed by atoms with Crippen molar-refractivity contribution in [2.45, 2.75) is 33.1 Å². The number of aromatic nitrogens is 2. The third-order valence-electron chi connectivity index (χ3n) is 3.27. The van der Waals surface area contributed by atoms with Crippen LogP contribution >= 0.6 is 11.6 Å². The largest absolute Gasteiger partial charge is 0.417 e. The fourth-order valence-electron chi connectivity index (χ4n) is 2.05. The van der Waals surface area contributed by atoms with E-state index in [1.807, 2.05) is 25.8 Å². The molecule has 2 heterocycles. The first-order valence-electron chi connectivity index (χ1n) is 6.50. The second-order valence-electron chi connectivity index (χ2n) is 5.13. The molecule has 0 aliphatic rings. The van der Waals surface area contributed by atoms with Gasteiger partial charge in [0.25, 0.3) is 0 Å². The van der Waals surface area contributed by atoms with Gasteiger partial charge in [-0.25, -0.2) is 0 Å². The molecule has 8 heteroatoms. The average molecular weight is 334 g/mol. The normalized spacial score (nSPS) is 12.2. The lowest BCUT2D eigenvalue weighted by Crippen LogP contribution is -2.19. The number of hydrogen-bond acceptors (Lipinski definition) is 4. The van der Waals surface area contributed by atoms with Gasteiger partial charge in [-0.1, -0.05) is 16.8 Å². The van der Waals surface area contributed by atoms with E-state index in [0.717, 1.165) is 29.3 Å². The first-order chi connectivity index (χ1) is 10.2. The van der Waals surface area contributed by atoms with Gasteiger partial charge in [-0.15, -0.1) is 0 Å². The quantitative estimate of drug-likeness (QED) is 0.848. The highest BCUT2D eigenvalue weighted by atomic mass is 35.5. The van der Waals surface area contributed by atoms with E-state index in [1.54, 1.807) is 0 Å². The maximum atomic E-state index is 12.6. The monoisotopic (exact) mass is 333 g/mol. The van der Waals surface area contributed by atoms with Crippen molar-refractivity contribution < 1.29 is 17.7 Å². The minimum absolute atomic E-state index is 0.000405. The number of rotatable bonds is 4. The minimum atomic E-state index is -4.45. The van der Waals surface area contributed by atoms with Crippen LogP contribution < -0.4 is 0 Å². The second kappa shape index (κ2) is 6.26. The van der Waals surface area contributed by atoms with Gasteiger partial charge in [0.15, 0.2) is 0 Å². The highest BCUT2D eigenvalue weighted by molar-refractivity contribution is 6.31. The molecule has 120 valence electrons. The summed E-state index contributed by atoms with van der Waals surface area (Å²) in [5, 5.41) is 3.86. The average Bonchev–Trinajstić information content (AvgIpc) is 2.72. The maximum absolute atomic E-state index is 12.6. The van der Waals surface area contributed by atoms with Gasteiger partial charge in [-0.2, -0.15) is 13.2 Å². The Hall–Kier alpha value is -1.60. The first kappa shape index (κ1) is 16.8. The van der Waals surface area contributed by atoms with E-state index < -0.39 is 11.7 Å². The Kier molecular flexibility index (Phi) is 4.77. The van der Waals surface area contributed by atoms with Crippen molar-refractivity contribution in [1.29, 1.82) is 0 Å². The summed E-state index contributed by atoms with van der Waals surface area (Å²) in [4.78, 5) is 5.71. The molecule has 0 amide bonds. The van der Waals surface area contributed by atoms with Crippen molar-refractivity contribution in [2.75, 3.05) is 7.05 Å². The lowest BCUT2D eigenvalue weighted by molar-refractivity contribution is -0.137. The van der Waals surface area contributed by atoms with E-state index in [0.29, 0.717) is 18.8 Å². The zero-order valence-electron chi connectivity index (χ0n) is 12.3. The summed E-state index contributed by atoms with van der Waals surface area (Å²) < 4.78 is 42.8. The zero-order valence-corrected chi connectivity index (χ0v) is 13.1. The first-order valence-corrected chi connectivity index (χ1v) is 6.88. The summed E-state index contributed by atoms with van der Waals surface area (Å²) in [6.45, 7) is 4.51. The molecule has 0 aliphatic carbocycles. The summed E-state index contributed by atoms with van der Waals surface area (Å²) in [5.41, 5.74) is 1.28. The minimum Gasteiger partial charge on any atom is -0.361 e. The lowest BCUT2D eigenvalue weighted by atomic mass is 10.2. The molecule has 0 fully saturated rings. The molecular weight excluding hydrogens is 319 g/mol. The van der Waals surface area contributed by atoms with Crippen LogP contribution in [0.4, 0.5) is 13.2 Å². The molecule has 0 aliphatic heterocycles. The Morgan fingerprint density at radius 3 is 2.45 bits per heavy atom. The van der Waals surface area contributed by atoms with Crippen LogP contribution in [0.25, 0.3) is 0 Å². The Bertz CT molecular complexity index is 650. The van der Waals surface area contributed by atoms with E-state index in [9.17, 15) is 13.2 Å². The number of nitrogens with zero attached hydrogens (tertiary/aromatic N) is 3. The van der Waals surface area contributed by atoms with E-state index in [4.69, 9.17) is 16.1 Å². The molecule has 2 rings (SSSR count). The number of halogens is 4. The van der Waals surface area contributed by atoms with Crippen LogP contribution in [0.5, 0.6) is 0 Å². The van der Waals surface area contributed by atoms with Crippen LogP contribution in [-0.2, 0) is 19.3 Å². The van der Waals surface area contributed by atoms with Crippen molar-refractivity contribution >= 4 is 11.6 Å². The van der Waals surface area contributed by atoms with E-state index in [1.165, 1.54) is 0 Å². The van der Waals surface area contributed by atoms with Crippen LogP contribution in [0.3, 0.4) is 0 Å². The van der Waals surface area contributed by atoms with Gasteiger partial charge in [0, 0.05) is 24.8 Å². The smallest absolute Gasteiger partial charge is 0.361 e. The van der Waals surface area contributed by atoms with E-state index in [2.05, 4.69) is 10.1 Å². The Balaban J connectivity index is 2.10. The molecule has 2 aromatic rings. The molecule has 0 spiro atoms. The van der Waals surface area contributed by atoms with Crippen molar-refractivity contribution in [2.24, 2.45) is 0 Å². The number of hydrogen-bond donors (Lipinski definition) is 0. The molecule has 0 bridgehead atoms. The molecule has 0 atom stereocenters. The summed E-state index contributed by atoms with van der Waals surface area (Å²) in [7, 11) is 1.82. The lowest BCUT2D eigenvalue weighted by Gasteiger charge is -2.17. The molecule has 2 aromatic heterocycles. The molecule has 0 saturated heterocycles.